The fourth-order valence-electron chi connectivity index (χ4n) is 2.35. The standard InChI is InChI=1S/C13H24N2O3/c1-4-8-14-12(16)10(2)15-9-6-5-7-11(15)13(17)18-3/h10-11H,4-9H2,1-3H3,(H,14,16). The molecule has 18 heavy (non-hydrogen) atoms. The molecule has 0 aliphatic carbocycles. The maximum Gasteiger partial charge on any atom is 0.323 e. The second-order valence-electron chi connectivity index (χ2n) is 4.74. The first-order valence-electron chi connectivity index (χ1n) is 6.73. The van der Waals surface area contributed by atoms with Crippen LogP contribution >= 0.6 is 0 Å². The van der Waals surface area contributed by atoms with Crippen LogP contribution in [0, 0.1) is 0 Å². The van der Waals surface area contributed by atoms with Crippen LogP contribution < -0.4 is 5.32 Å². The molecule has 1 rings (SSSR count). The van der Waals surface area contributed by atoms with Gasteiger partial charge in [0.2, 0.25) is 5.91 Å². The number of carbonyl (C=O) groups excluding carboxylic acids is 2. The van der Waals surface area contributed by atoms with Crippen LogP contribution in [0.5, 0.6) is 0 Å². The van der Waals surface area contributed by atoms with Gasteiger partial charge in [0, 0.05) is 6.54 Å². The minimum absolute atomic E-state index is 0.00680. The van der Waals surface area contributed by atoms with Crippen molar-refractivity contribution in [3.63, 3.8) is 0 Å². The molecule has 0 radical (unpaired) electrons. The third kappa shape index (κ3) is 3.70. The van der Waals surface area contributed by atoms with E-state index in [2.05, 4.69) is 5.32 Å². The van der Waals surface area contributed by atoms with Crippen LogP contribution in [0.3, 0.4) is 0 Å². The molecule has 1 heterocycles. The van der Waals surface area contributed by atoms with Crippen molar-refractivity contribution in [2.75, 3.05) is 20.2 Å². The van der Waals surface area contributed by atoms with Gasteiger partial charge < -0.3 is 10.1 Å². The highest BCUT2D eigenvalue weighted by atomic mass is 16.5. The van der Waals surface area contributed by atoms with Crippen molar-refractivity contribution in [3.8, 4) is 0 Å². The van der Waals surface area contributed by atoms with Gasteiger partial charge in [0.1, 0.15) is 6.04 Å². The van der Waals surface area contributed by atoms with E-state index in [0.717, 1.165) is 32.2 Å². The molecule has 104 valence electrons. The zero-order valence-electron chi connectivity index (χ0n) is 11.6. The molecule has 1 fully saturated rings. The molecule has 0 bridgehead atoms. The molecule has 0 saturated carbocycles. The molecule has 1 aliphatic rings. The van der Waals surface area contributed by atoms with Crippen molar-refractivity contribution < 1.29 is 14.3 Å². The molecule has 0 spiro atoms. The predicted octanol–water partition coefficient (Wildman–Crippen LogP) is 0.929. The molecule has 1 amide bonds. The van der Waals surface area contributed by atoms with Crippen LogP contribution in [0.15, 0.2) is 0 Å². The van der Waals surface area contributed by atoms with Crippen molar-refractivity contribution in [1.29, 1.82) is 0 Å². The monoisotopic (exact) mass is 256 g/mol. The van der Waals surface area contributed by atoms with Gasteiger partial charge in [-0.25, -0.2) is 0 Å². The number of esters is 1. The lowest BCUT2D eigenvalue weighted by atomic mass is 10.00. The summed E-state index contributed by atoms with van der Waals surface area (Å²) < 4.78 is 4.82. The Labute approximate surface area is 109 Å². The van der Waals surface area contributed by atoms with Gasteiger partial charge in [-0.1, -0.05) is 13.3 Å². The van der Waals surface area contributed by atoms with Gasteiger partial charge in [0.15, 0.2) is 0 Å². The fourth-order valence-corrected chi connectivity index (χ4v) is 2.35. The summed E-state index contributed by atoms with van der Waals surface area (Å²) in [5.74, 6) is -0.238. The molecule has 1 saturated heterocycles. The SMILES string of the molecule is CCCNC(=O)C(C)N1CCCCC1C(=O)OC. The van der Waals surface area contributed by atoms with E-state index in [1.165, 1.54) is 7.11 Å². The van der Waals surface area contributed by atoms with E-state index in [4.69, 9.17) is 4.74 Å². The number of nitrogens with zero attached hydrogens (tertiary/aromatic N) is 1. The van der Waals surface area contributed by atoms with E-state index in [9.17, 15) is 9.59 Å². The maximum atomic E-state index is 12.0. The topological polar surface area (TPSA) is 58.6 Å². The van der Waals surface area contributed by atoms with Crippen LogP contribution in [0.4, 0.5) is 0 Å². The normalized spacial score (nSPS) is 22.3. The summed E-state index contributed by atoms with van der Waals surface area (Å²) in [7, 11) is 1.40. The number of likely N-dealkylation sites (tertiary alicyclic amines) is 1. The van der Waals surface area contributed by atoms with Crippen LogP contribution in [0.1, 0.15) is 39.5 Å². The van der Waals surface area contributed by atoms with Gasteiger partial charge in [-0.2, -0.15) is 0 Å². The van der Waals surface area contributed by atoms with Gasteiger partial charge in [0.25, 0.3) is 0 Å². The Morgan fingerprint density at radius 2 is 2.17 bits per heavy atom. The Morgan fingerprint density at radius 3 is 2.78 bits per heavy atom. The zero-order chi connectivity index (χ0) is 13.5. The summed E-state index contributed by atoms with van der Waals surface area (Å²) in [4.78, 5) is 25.6. The van der Waals surface area contributed by atoms with E-state index >= 15 is 0 Å². The average Bonchev–Trinajstić information content (AvgIpc) is 2.43. The first kappa shape index (κ1) is 15.0. The molecular formula is C13H24N2O3. The Bertz CT molecular complexity index is 294. The number of ether oxygens (including phenoxy) is 1. The number of rotatable bonds is 5. The smallest absolute Gasteiger partial charge is 0.323 e. The Morgan fingerprint density at radius 1 is 1.44 bits per heavy atom. The second-order valence-corrected chi connectivity index (χ2v) is 4.74. The van der Waals surface area contributed by atoms with Crippen molar-refractivity contribution >= 4 is 11.9 Å². The Kier molecular flexibility index (Phi) is 6.12. The highest BCUT2D eigenvalue weighted by Crippen LogP contribution is 2.20. The maximum absolute atomic E-state index is 12.0. The summed E-state index contributed by atoms with van der Waals surface area (Å²) in [5, 5.41) is 2.87. The minimum atomic E-state index is -0.277. The van der Waals surface area contributed by atoms with Gasteiger partial charge >= 0.3 is 5.97 Å². The number of hydrogen-bond acceptors (Lipinski definition) is 4. The van der Waals surface area contributed by atoms with Crippen LogP contribution in [-0.2, 0) is 14.3 Å². The summed E-state index contributed by atoms with van der Waals surface area (Å²) in [6, 6.07) is -0.549. The van der Waals surface area contributed by atoms with Gasteiger partial charge in [0.05, 0.1) is 13.2 Å². The number of hydrogen-bond donors (Lipinski definition) is 1. The van der Waals surface area contributed by atoms with Gasteiger partial charge in [-0.3, -0.25) is 14.5 Å². The van der Waals surface area contributed by atoms with Crippen LogP contribution in [-0.4, -0.2) is 49.1 Å². The summed E-state index contributed by atoms with van der Waals surface area (Å²) in [6.07, 6.45) is 3.73. The molecule has 5 heteroatoms. The highest BCUT2D eigenvalue weighted by Gasteiger charge is 2.34. The molecule has 1 aliphatic heterocycles. The lowest BCUT2D eigenvalue weighted by molar-refractivity contribution is -0.150. The molecule has 2 atom stereocenters. The molecule has 2 unspecified atom stereocenters. The number of piperidine rings is 1. The number of amides is 1. The van der Waals surface area contributed by atoms with Gasteiger partial charge in [-0.05, 0) is 32.7 Å². The fraction of sp³-hybridized carbons (Fsp3) is 0.846. The van der Waals surface area contributed by atoms with Crippen LogP contribution in [0.25, 0.3) is 0 Å². The third-order valence-corrected chi connectivity index (χ3v) is 3.44. The van der Waals surface area contributed by atoms with Crippen molar-refractivity contribution in [2.24, 2.45) is 0 Å². The lowest BCUT2D eigenvalue weighted by Gasteiger charge is -2.37. The Hall–Kier alpha value is -1.10. The number of carbonyl (C=O) groups is 2. The third-order valence-electron chi connectivity index (χ3n) is 3.44. The zero-order valence-corrected chi connectivity index (χ0v) is 11.6. The predicted molar refractivity (Wildman–Crippen MR) is 69.1 cm³/mol. The van der Waals surface area contributed by atoms with Crippen molar-refractivity contribution in [1.82, 2.24) is 10.2 Å². The molecule has 0 aromatic rings. The first-order valence-corrected chi connectivity index (χ1v) is 6.73. The van der Waals surface area contributed by atoms with E-state index < -0.39 is 0 Å². The molecule has 5 nitrogen and oxygen atoms in total. The van der Waals surface area contributed by atoms with E-state index in [1.807, 2.05) is 18.7 Å². The van der Waals surface area contributed by atoms with Crippen LogP contribution in [0.2, 0.25) is 0 Å². The molecule has 0 aromatic carbocycles. The summed E-state index contributed by atoms with van der Waals surface area (Å²) in [5.41, 5.74) is 0. The van der Waals surface area contributed by atoms with Crippen molar-refractivity contribution in [3.05, 3.63) is 0 Å². The van der Waals surface area contributed by atoms with E-state index in [-0.39, 0.29) is 24.0 Å². The lowest BCUT2D eigenvalue weighted by Crippen LogP contribution is -2.54. The molecular weight excluding hydrogens is 232 g/mol. The minimum Gasteiger partial charge on any atom is -0.468 e. The second kappa shape index (κ2) is 7.36. The number of nitrogens with one attached hydrogen (secondary N) is 1. The molecule has 1 N–H and O–H groups in total. The quantitative estimate of drug-likeness (QED) is 0.743. The Balaban J connectivity index is 2.64. The van der Waals surface area contributed by atoms with E-state index in [1.54, 1.807) is 0 Å². The number of methoxy groups -OCH3 is 1. The van der Waals surface area contributed by atoms with E-state index in [0.29, 0.717) is 6.54 Å². The van der Waals surface area contributed by atoms with Crippen molar-refractivity contribution in [2.45, 2.75) is 51.6 Å². The summed E-state index contributed by atoms with van der Waals surface area (Å²) in [6.45, 7) is 5.33. The molecule has 0 aromatic heterocycles. The average molecular weight is 256 g/mol. The first-order chi connectivity index (χ1) is 8.61. The highest BCUT2D eigenvalue weighted by molar-refractivity contribution is 5.83. The largest absolute Gasteiger partial charge is 0.468 e. The van der Waals surface area contributed by atoms with Gasteiger partial charge in [-0.15, -0.1) is 0 Å². The summed E-state index contributed by atoms with van der Waals surface area (Å²) >= 11 is 0.